The first-order valence-corrected chi connectivity index (χ1v) is 12.9. The van der Waals surface area contributed by atoms with Crippen LogP contribution in [-0.2, 0) is 24.8 Å². The molecule has 0 saturated heterocycles. The van der Waals surface area contributed by atoms with Gasteiger partial charge in [-0.15, -0.1) is 11.8 Å². The molecule has 0 saturated carbocycles. The number of likely N-dealkylation sites (N-methyl/N-ethyl adjacent to an activating group) is 1. The number of hydrogen-bond donors (Lipinski definition) is 1. The van der Waals surface area contributed by atoms with Crippen molar-refractivity contribution >= 4 is 49.1 Å². The summed E-state index contributed by atoms with van der Waals surface area (Å²) in [5.41, 5.74) is 0.735. The van der Waals surface area contributed by atoms with Crippen LogP contribution < -0.4 is 9.62 Å². The fraction of sp³-hybridized carbons (Fsp3) is 0.278. The van der Waals surface area contributed by atoms with E-state index in [1.807, 2.05) is 6.26 Å². The fourth-order valence-electron chi connectivity index (χ4n) is 2.39. The SMILES string of the molecule is CSc1ccc(S(=O)(=O)N(C)CC(=O)Nc2cccc(N(C)S(C)(=O)=O)c2)cc1. The van der Waals surface area contributed by atoms with Gasteiger partial charge in [0.1, 0.15) is 0 Å². The van der Waals surface area contributed by atoms with E-state index in [0.717, 1.165) is 19.8 Å². The molecule has 2 aromatic carbocycles. The normalized spacial score (nSPS) is 12.0. The van der Waals surface area contributed by atoms with Crippen LogP contribution in [0.2, 0.25) is 0 Å². The van der Waals surface area contributed by atoms with E-state index in [9.17, 15) is 21.6 Å². The second kappa shape index (κ2) is 9.16. The van der Waals surface area contributed by atoms with Gasteiger partial charge >= 0.3 is 0 Å². The topological polar surface area (TPSA) is 104 Å². The van der Waals surface area contributed by atoms with Crippen LogP contribution in [0.4, 0.5) is 11.4 Å². The number of anilines is 2. The fourth-order valence-corrected chi connectivity index (χ4v) is 4.42. The minimum atomic E-state index is -3.82. The van der Waals surface area contributed by atoms with E-state index in [-0.39, 0.29) is 4.90 Å². The number of nitrogens with one attached hydrogen (secondary N) is 1. The third kappa shape index (κ3) is 5.95. The van der Waals surface area contributed by atoms with Crippen molar-refractivity contribution in [1.29, 1.82) is 0 Å². The zero-order chi connectivity index (χ0) is 21.8. The van der Waals surface area contributed by atoms with Crippen molar-refractivity contribution in [3.63, 3.8) is 0 Å². The Kier molecular flexibility index (Phi) is 7.33. The maximum Gasteiger partial charge on any atom is 0.243 e. The smallest absolute Gasteiger partial charge is 0.243 e. The van der Waals surface area contributed by atoms with Crippen LogP contribution in [0.25, 0.3) is 0 Å². The van der Waals surface area contributed by atoms with Crippen molar-refractivity contribution in [1.82, 2.24) is 4.31 Å². The van der Waals surface area contributed by atoms with E-state index < -0.39 is 32.5 Å². The van der Waals surface area contributed by atoms with Crippen LogP contribution >= 0.6 is 11.8 Å². The summed E-state index contributed by atoms with van der Waals surface area (Å²) in [4.78, 5) is 13.4. The molecule has 0 radical (unpaired) electrons. The van der Waals surface area contributed by atoms with Crippen LogP contribution in [0.15, 0.2) is 58.3 Å². The number of benzene rings is 2. The molecular formula is C18H23N3O5S3. The van der Waals surface area contributed by atoms with Crippen molar-refractivity contribution in [3.05, 3.63) is 48.5 Å². The number of sulfonamides is 2. The van der Waals surface area contributed by atoms with Crippen LogP contribution in [0.3, 0.4) is 0 Å². The van der Waals surface area contributed by atoms with Gasteiger partial charge in [-0.1, -0.05) is 6.07 Å². The molecule has 0 atom stereocenters. The summed E-state index contributed by atoms with van der Waals surface area (Å²) >= 11 is 1.50. The largest absolute Gasteiger partial charge is 0.325 e. The van der Waals surface area contributed by atoms with Gasteiger partial charge in [0.05, 0.1) is 23.4 Å². The Morgan fingerprint density at radius 1 is 1.03 bits per heavy atom. The van der Waals surface area contributed by atoms with Gasteiger partial charge in [0, 0.05) is 24.7 Å². The van der Waals surface area contributed by atoms with Gasteiger partial charge in [0.25, 0.3) is 0 Å². The molecule has 2 rings (SSSR count). The molecule has 1 N–H and O–H groups in total. The van der Waals surface area contributed by atoms with Crippen molar-refractivity contribution < 1.29 is 21.6 Å². The van der Waals surface area contributed by atoms with Crippen LogP contribution in [-0.4, -0.2) is 60.2 Å². The summed E-state index contributed by atoms with van der Waals surface area (Å²) in [6.07, 6.45) is 2.96. The van der Waals surface area contributed by atoms with Gasteiger partial charge in [-0.05, 0) is 48.7 Å². The van der Waals surface area contributed by atoms with Gasteiger partial charge < -0.3 is 5.32 Å². The van der Waals surface area contributed by atoms with E-state index in [0.29, 0.717) is 11.4 Å². The Labute approximate surface area is 176 Å². The molecule has 0 fully saturated rings. The van der Waals surface area contributed by atoms with E-state index >= 15 is 0 Å². The minimum Gasteiger partial charge on any atom is -0.325 e. The minimum absolute atomic E-state index is 0.0994. The van der Waals surface area contributed by atoms with E-state index in [4.69, 9.17) is 0 Å². The Bertz CT molecular complexity index is 1080. The number of hydrogen-bond acceptors (Lipinski definition) is 6. The zero-order valence-electron chi connectivity index (χ0n) is 16.5. The van der Waals surface area contributed by atoms with E-state index in [2.05, 4.69) is 5.32 Å². The summed E-state index contributed by atoms with van der Waals surface area (Å²) in [5.74, 6) is -0.545. The summed E-state index contributed by atoms with van der Waals surface area (Å²) in [7, 11) is -4.53. The maximum atomic E-state index is 12.6. The van der Waals surface area contributed by atoms with Gasteiger partial charge in [-0.2, -0.15) is 4.31 Å². The van der Waals surface area contributed by atoms with Crippen LogP contribution in [0, 0.1) is 0 Å². The lowest BCUT2D eigenvalue weighted by Gasteiger charge is -2.19. The monoisotopic (exact) mass is 457 g/mol. The van der Waals surface area contributed by atoms with Crippen molar-refractivity contribution in [2.75, 3.05) is 42.8 Å². The highest BCUT2D eigenvalue weighted by atomic mass is 32.2. The average molecular weight is 458 g/mol. The Morgan fingerprint density at radius 3 is 2.21 bits per heavy atom. The number of rotatable bonds is 8. The molecule has 2 aromatic rings. The predicted molar refractivity (Wildman–Crippen MR) is 116 cm³/mol. The lowest BCUT2D eigenvalue weighted by molar-refractivity contribution is -0.116. The standard InChI is InChI=1S/C18H23N3O5S3/c1-20(29(25,26)17-10-8-16(27-3)9-11-17)13-18(22)19-14-6-5-7-15(12-14)21(2)28(4,23)24/h5-12H,13H2,1-4H3,(H,19,22). The second-order valence-corrected chi connectivity index (χ2v) is 11.2. The van der Waals surface area contributed by atoms with Crippen LogP contribution in [0.5, 0.6) is 0 Å². The second-order valence-electron chi connectivity index (χ2n) is 6.27. The first-order valence-electron chi connectivity index (χ1n) is 8.39. The van der Waals surface area contributed by atoms with E-state index in [1.165, 1.54) is 44.1 Å². The quantitative estimate of drug-likeness (QED) is 0.609. The molecule has 0 unspecified atom stereocenters. The highest BCUT2D eigenvalue weighted by Gasteiger charge is 2.23. The third-order valence-electron chi connectivity index (χ3n) is 4.12. The number of nitrogens with zero attached hydrogens (tertiary/aromatic N) is 2. The van der Waals surface area contributed by atoms with Gasteiger partial charge in [0.2, 0.25) is 26.0 Å². The van der Waals surface area contributed by atoms with Crippen LogP contribution in [0.1, 0.15) is 0 Å². The van der Waals surface area contributed by atoms with Gasteiger partial charge in [-0.25, -0.2) is 16.8 Å². The molecule has 0 aliphatic carbocycles. The van der Waals surface area contributed by atoms with Crippen molar-refractivity contribution in [2.24, 2.45) is 0 Å². The molecule has 0 bridgehead atoms. The average Bonchev–Trinajstić information content (AvgIpc) is 2.66. The first kappa shape index (κ1) is 23.2. The molecule has 11 heteroatoms. The molecule has 0 heterocycles. The zero-order valence-corrected chi connectivity index (χ0v) is 18.9. The number of amides is 1. The van der Waals surface area contributed by atoms with Crippen molar-refractivity contribution in [3.8, 4) is 0 Å². The Morgan fingerprint density at radius 2 is 1.66 bits per heavy atom. The summed E-state index contributed by atoms with van der Waals surface area (Å²) in [6, 6.07) is 12.7. The summed E-state index contributed by atoms with van der Waals surface area (Å²) < 4.78 is 50.6. The number of thioether (sulfide) groups is 1. The molecular weight excluding hydrogens is 434 g/mol. The molecule has 0 aliphatic rings. The number of carbonyl (C=O) groups is 1. The van der Waals surface area contributed by atoms with Gasteiger partial charge in [0.15, 0.2) is 0 Å². The lowest BCUT2D eigenvalue weighted by atomic mass is 10.3. The Hall–Kier alpha value is -2.08. The lowest BCUT2D eigenvalue weighted by Crippen LogP contribution is -2.35. The third-order valence-corrected chi connectivity index (χ3v) is 7.89. The van der Waals surface area contributed by atoms with Gasteiger partial charge in [-0.3, -0.25) is 9.10 Å². The predicted octanol–water partition coefficient (Wildman–Crippen LogP) is 2.06. The molecule has 0 aliphatic heterocycles. The Balaban J connectivity index is 2.10. The molecule has 0 aromatic heterocycles. The first-order chi connectivity index (χ1) is 13.4. The van der Waals surface area contributed by atoms with E-state index in [1.54, 1.807) is 30.3 Å². The molecule has 158 valence electrons. The highest BCUT2D eigenvalue weighted by molar-refractivity contribution is 7.98. The maximum absolute atomic E-state index is 12.6. The molecule has 1 amide bonds. The molecule has 29 heavy (non-hydrogen) atoms. The summed E-state index contributed by atoms with van der Waals surface area (Å²) in [6.45, 7) is -0.390. The molecule has 8 nitrogen and oxygen atoms in total. The number of carbonyl (C=O) groups excluding carboxylic acids is 1. The molecule has 0 spiro atoms. The summed E-state index contributed by atoms with van der Waals surface area (Å²) in [5, 5.41) is 2.59. The van der Waals surface area contributed by atoms with Crippen molar-refractivity contribution in [2.45, 2.75) is 9.79 Å². The highest BCUT2D eigenvalue weighted by Crippen LogP contribution is 2.21.